The van der Waals surface area contributed by atoms with Crippen molar-refractivity contribution in [2.75, 3.05) is 5.32 Å². The van der Waals surface area contributed by atoms with Gasteiger partial charge in [0.2, 0.25) is 5.91 Å². The molecule has 0 radical (unpaired) electrons. The Labute approximate surface area is 115 Å². The zero-order valence-corrected chi connectivity index (χ0v) is 11.2. The van der Waals surface area contributed by atoms with Crippen molar-refractivity contribution in [2.24, 2.45) is 11.7 Å². The number of nitrogens with zero attached hydrogens (tertiary/aromatic N) is 2. The van der Waals surface area contributed by atoms with E-state index in [-0.39, 0.29) is 33.9 Å². The van der Waals surface area contributed by atoms with Gasteiger partial charge in [0.05, 0.1) is 0 Å². The molecule has 1 amide bonds. The van der Waals surface area contributed by atoms with Crippen LogP contribution in [0, 0.1) is 5.92 Å². The second-order valence-electron chi connectivity index (χ2n) is 4.43. The molecule has 1 aromatic rings. The molecule has 0 saturated heterocycles. The summed E-state index contributed by atoms with van der Waals surface area (Å²) in [4.78, 5) is 19.6. The Hall–Kier alpha value is -0.910. The largest absolute Gasteiger partial charge is 0.328 e. The third-order valence-corrected chi connectivity index (χ3v) is 3.72. The summed E-state index contributed by atoms with van der Waals surface area (Å²) >= 11 is 11.7. The minimum Gasteiger partial charge on any atom is -0.328 e. The maximum absolute atomic E-state index is 12.1. The minimum atomic E-state index is -0.0968. The first kappa shape index (κ1) is 13.5. The van der Waals surface area contributed by atoms with Crippen LogP contribution in [0.3, 0.4) is 0 Å². The average Bonchev–Trinajstić information content (AvgIpc) is 2.34. The Bertz CT molecular complexity index is 426. The molecule has 0 spiro atoms. The Kier molecular flexibility index (Phi) is 4.37. The first-order valence-electron chi connectivity index (χ1n) is 5.80. The van der Waals surface area contributed by atoms with Gasteiger partial charge in [-0.1, -0.05) is 23.2 Å². The van der Waals surface area contributed by atoms with Crippen LogP contribution in [-0.2, 0) is 4.79 Å². The molecule has 7 heteroatoms. The molecule has 5 nitrogen and oxygen atoms in total. The predicted octanol–water partition coefficient (Wildman–Crippen LogP) is 2.24. The molecule has 1 saturated carbocycles. The first-order chi connectivity index (χ1) is 8.58. The predicted molar refractivity (Wildman–Crippen MR) is 70.6 cm³/mol. The number of nitrogens with two attached hydrogens (primary N) is 1. The number of hydrogen-bond acceptors (Lipinski definition) is 4. The van der Waals surface area contributed by atoms with E-state index in [4.69, 9.17) is 28.9 Å². The lowest BCUT2D eigenvalue weighted by Crippen LogP contribution is -2.32. The second kappa shape index (κ2) is 5.82. The molecule has 3 N–H and O–H groups in total. The van der Waals surface area contributed by atoms with Gasteiger partial charge in [0.15, 0.2) is 10.3 Å². The van der Waals surface area contributed by atoms with Gasteiger partial charge in [-0.2, -0.15) is 0 Å². The third kappa shape index (κ3) is 3.10. The molecule has 2 rings (SSSR count). The number of carbonyl (C=O) groups excluding carboxylic acids is 1. The quantitative estimate of drug-likeness (QED) is 0.818. The smallest absolute Gasteiger partial charge is 0.227 e. The topological polar surface area (TPSA) is 80.9 Å². The Morgan fingerprint density at radius 3 is 2.33 bits per heavy atom. The number of hydrogen-bond donors (Lipinski definition) is 2. The van der Waals surface area contributed by atoms with E-state index in [1.165, 1.54) is 6.33 Å². The summed E-state index contributed by atoms with van der Waals surface area (Å²) in [5.41, 5.74) is 6.08. The SMILES string of the molecule is NC1CCC(C(=O)Nc2c(Cl)ncnc2Cl)CC1. The summed E-state index contributed by atoms with van der Waals surface area (Å²) in [6.07, 6.45) is 4.56. The maximum Gasteiger partial charge on any atom is 0.227 e. The minimum absolute atomic E-state index is 0.0443. The van der Waals surface area contributed by atoms with Crippen molar-refractivity contribution in [2.45, 2.75) is 31.7 Å². The third-order valence-electron chi connectivity index (χ3n) is 3.15. The fourth-order valence-electron chi connectivity index (χ4n) is 2.05. The highest BCUT2D eigenvalue weighted by Crippen LogP contribution is 2.29. The molecular weight excluding hydrogens is 275 g/mol. The zero-order chi connectivity index (χ0) is 13.1. The molecular formula is C11H14Cl2N4O. The number of aromatic nitrogens is 2. The van der Waals surface area contributed by atoms with E-state index >= 15 is 0 Å². The fourth-order valence-corrected chi connectivity index (χ4v) is 2.46. The number of carbonyl (C=O) groups is 1. The van der Waals surface area contributed by atoms with Crippen molar-refractivity contribution in [1.82, 2.24) is 9.97 Å². The van der Waals surface area contributed by atoms with Crippen molar-refractivity contribution in [3.8, 4) is 0 Å². The molecule has 98 valence electrons. The monoisotopic (exact) mass is 288 g/mol. The summed E-state index contributed by atoms with van der Waals surface area (Å²) in [6.45, 7) is 0. The van der Waals surface area contributed by atoms with Crippen LogP contribution < -0.4 is 11.1 Å². The van der Waals surface area contributed by atoms with Crippen molar-refractivity contribution < 1.29 is 4.79 Å². The summed E-state index contributed by atoms with van der Waals surface area (Å²) in [5, 5.41) is 2.99. The molecule has 18 heavy (non-hydrogen) atoms. The lowest BCUT2D eigenvalue weighted by Gasteiger charge is -2.25. The number of amides is 1. The van der Waals surface area contributed by atoms with Crippen LogP contribution in [0.4, 0.5) is 5.69 Å². The van der Waals surface area contributed by atoms with E-state index in [0.29, 0.717) is 0 Å². The van der Waals surface area contributed by atoms with Gasteiger partial charge in [-0.25, -0.2) is 9.97 Å². The highest BCUT2D eigenvalue weighted by molar-refractivity contribution is 6.38. The van der Waals surface area contributed by atoms with E-state index in [0.717, 1.165) is 25.7 Å². The van der Waals surface area contributed by atoms with E-state index in [9.17, 15) is 4.79 Å². The van der Waals surface area contributed by atoms with Crippen LogP contribution in [0.5, 0.6) is 0 Å². The van der Waals surface area contributed by atoms with Crippen molar-refractivity contribution in [3.63, 3.8) is 0 Å². The number of anilines is 1. The molecule has 0 aromatic carbocycles. The molecule has 0 atom stereocenters. The van der Waals surface area contributed by atoms with E-state index in [1.54, 1.807) is 0 Å². The van der Waals surface area contributed by atoms with Gasteiger partial charge >= 0.3 is 0 Å². The second-order valence-corrected chi connectivity index (χ2v) is 5.15. The molecule has 1 aliphatic carbocycles. The van der Waals surface area contributed by atoms with Gasteiger partial charge in [-0.15, -0.1) is 0 Å². The summed E-state index contributed by atoms with van der Waals surface area (Å²) in [5.74, 6) is -0.141. The molecule has 1 heterocycles. The Morgan fingerprint density at radius 1 is 1.22 bits per heavy atom. The van der Waals surface area contributed by atoms with Gasteiger partial charge < -0.3 is 11.1 Å². The van der Waals surface area contributed by atoms with Crippen molar-refractivity contribution >= 4 is 34.8 Å². The maximum atomic E-state index is 12.1. The first-order valence-corrected chi connectivity index (χ1v) is 6.56. The number of halogens is 2. The highest BCUT2D eigenvalue weighted by Gasteiger charge is 2.25. The highest BCUT2D eigenvalue weighted by atomic mass is 35.5. The van der Waals surface area contributed by atoms with Crippen molar-refractivity contribution in [3.05, 3.63) is 16.6 Å². The zero-order valence-electron chi connectivity index (χ0n) is 9.70. The Balaban J connectivity index is 2.03. The van der Waals surface area contributed by atoms with Crippen LogP contribution in [0.15, 0.2) is 6.33 Å². The van der Waals surface area contributed by atoms with Gasteiger partial charge in [0.25, 0.3) is 0 Å². The normalized spacial score (nSPS) is 23.7. The van der Waals surface area contributed by atoms with Crippen LogP contribution in [0.25, 0.3) is 0 Å². The standard InChI is InChI=1S/C11H14Cl2N4O/c12-9-8(10(13)16-5-15-9)17-11(18)6-1-3-7(14)4-2-6/h5-7H,1-4,14H2,(H,17,18). The van der Waals surface area contributed by atoms with E-state index < -0.39 is 0 Å². The average molecular weight is 289 g/mol. The lowest BCUT2D eigenvalue weighted by atomic mass is 9.86. The number of nitrogens with one attached hydrogen (secondary N) is 1. The van der Waals surface area contributed by atoms with E-state index in [1.807, 2.05) is 0 Å². The molecule has 1 aromatic heterocycles. The van der Waals surface area contributed by atoms with Gasteiger partial charge in [-0.05, 0) is 25.7 Å². The van der Waals surface area contributed by atoms with Crippen LogP contribution in [0.2, 0.25) is 10.3 Å². The molecule has 0 aliphatic heterocycles. The fraction of sp³-hybridized carbons (Fsp3) is 0.545. The van der Waals surface area contributed by atoms with Gasteiger partial charge in [0.1, 0.15) is 12.0 Å². The van der Waals surface area contributed by atoms with Crippen LogP contribution in [-0.4, -0.2) is 21.9 Å². The Morgan fingerprint density at radius 2 is 1.78 bits per heavy atom. The van der Waals surface area contributed by atoms with Crippen LogP contribution in [0.1, 0.15) is 25.7 Å². The molecule has 0 unspecified atom stereocenters. The van der Waals surface area contributed by atoms with Crippen molar-refractivity contribution in [1.29, 1.82) is 0 Å². The lowest BCUT2D eigenvalue weighted by molar-refractivity contribution is -0.120. The summed E-state index contributed by atoms with van der Waals surface area (Å²) < 4.78 is 0. The van der Waals surface area contributed by atoms with E-state index in [2.05, 4.69) is 15.3 Å². The van der Waals surface area contributed by atoms with Crippen LogP contribution >= 0.6 is 23.2 Å². The number of rotatable bonds is 2. The van der Waals surface area contributed by atoms with Gasteiger partial charge in [-0.3, -0.25) is 4.79 Å². The molecule has 1 fully saturated rings. The summed E-state index contributed by atoms with van der Waals surface area (Å²) in [7, 11) is 0. The molecule has 1 aliphatic rings. The molecule has 0 bridgehead atoms. The van der Waals surface area contributed by atoms with Gasteiger partial charge in [0, 0.05) is 12.0 Å². The summed E-state index contributed by atoms with van der Waals surface area (Å²) in [6, 6.07) is 0.210.